The third-order valence-corrected chi connectivity index (χ3v) is 2.81. The highest BCUT2D eigenvalue weighted by Gasteiger charge is 2.16. The van der Waals surface area contributed by atoms with Crippen LogP contribution >= 0.6 is 0 Å². The number of carboxylic acids is 1. The van der Waals surface area contributed by atoms with E-state index in [9.17, 15) is 9.59 Å². The van der Waals surface area contributed by atoms with Gasteiger partial charge in [-0.25, -0.2) is 9.36 Å². The van der Waals surface area contributed by atoms with E-state index in [4.69, 9.17) is 5.11 Å². The van der Waals surface area contributed by atoms with Crippen molar-refractivity contribution in [2.24, 2.45) is 0 Å². The fourth-order valence-electron chi connectivity index (χ4n) is 1.99. The number of nitrogens with zero attached hydrogens (tertiary/aromatic N) is 4. The molecule has 2 heterocycles. The number of aliphatic carboxylic acids is 1. The Hall–Kier alpha value is -2.64. The van der Waals surface area contributed by atoms with E-state index < -0.39 is 11.9 Å². The average Bonchev–Trinajstić information content (AvgIpc) is 2.97. The van der Waals surface area contributed by atoms with Gasteiger partial charge in [-0.3, -0.25) is 9.59 Å². The Morgan fingerprint density at radius 3 is 2.81 bits per heavy atom. The number of hydrogen-bond acceptors (Lipinski definition) is 4. The molecule has 2 aromatic heterocycles. The van der Waals surface area contributed by atoms with E-state index in [0.29, 0.717) is 12.4 Å². The summed E-state index contributed by atoms with van der Waals surface area (Å²) in [7, 11) is 0. The molecule has 2 rings (SSSR count). The third-order valence-electron chi connectivity index (χ3n) is 2.81. The lowest BCUT2D eigenvalue weighted by atomic mass is 10.3. The summed E-state index contributed by atoms with van der Waals surface area (Å²) < 4.78 is 2.86. The van der Waals surface area contributed by atoms with Crippen LogP contribution in [0.5, 0.6) is 0 Å². The lowest BCUT2D eigenvalue weighted by Gasteiger charge is -2.08. The summed E-state index contributed by atoms with van der Waals surface area (Å²) in [6, 6.07) is 3.25. The third kappa shape index (κ3) is 3.47. The van der Waals surface area contributed by atoms with Crippen LogP contribution in [0.25, 0.3) is 0 Å². The molecule has 112 valence electrons. The second-order valence-electron chi connectivity index (χ2n) is 4.62. The van der Waals surface area contributed by atoms with Crippen LogP contribution < -0.4 is 5.32 Å². The summed E-state index contributed by atoms with van der Waals surface area (Å²) in [6.07, 6.45) is 2.29. The number of carbonyl (C=O) groups excluding carboxylic acids is 1. The standard InChI is InChI=1S/C13H17N5O3/c1-3-6-17-11(7-9(2)16-17)15-13(21)10-4-5-14-18(10)8-12(19)20/h4-5,7H,3,6,8H2,1-2H3,(H,15,21)(H,19,20). The van der Waals surface area contributed by atoms with E-state index >= 15 is 0 Å². The van der Waals surface area contributed by atoms with Crippen LogP contribution in [0, 0.1) is 6.92 Å². The van der Waals surface area contributed by atoms with Crippen LogP contribution in [0.4, 0.5) is 5.82 Å². The molecule has 2 N–H and O–H groups in total. The Balaban J connectivity index is 2.18. The van der Waals surface area contributed by atoms with Crippen molar-refractivity contribution in [2.45, 2.75) is 33.4 Å². The van der Waals surface area contributed by atoms with E-state index in [1.807, 2.05) is 13.8 Å². The molecule has 0 aliphatic carbocycles. The van der Waals surface area contributed by atoms with Gasteiger partial charge in [0.15, 0.2) is 0 Å². The molecule has 0 bridgehead atoms. The smallest absolute Gasteiger partial charge is 0.325 e. The van der Waals surface area contributed by atoms with E-state index in [1.165, 1.54) is 12.3 Å². The number of aryl methyl sites for hydroxylation is 2. The molecule has 0 unspecified atom stereocenters. The van der Waals surface area contributed by atoms with E-state index in [0.717, 1.165) is 16.8 Å². The first-order valence-corrected chi connectivity index (χ1v) is 6.60. The van der Waals surface area contributed by atoms with Crippen molar-refractivity contribution in [3.8, 4) is 0 Å². The Bertz CT molecular complexity index is 659. The highest BCUT2D eigenvalue weighted by molar-refractivity contribution is 6.02. The Morgan fingerprint density at radius 1 is 1.38 bits per heavy atom. The maximum Gasteiger partial charge on any atom is 0.325 e. The van der Waals surface area contributed by atoms with Crippen molar-refractivity contribution in [2.75, 3.05) is 5.32 Å². The molecule has 1 amide bonds. The lowest BCUT2D eigenvalue weighted by Crippen LogP contribution is -2.22. The number of nitrogens with one attached hydrogen (secondary N) is 1. The Kier molecular flexibility index (Phi) is 4.36. The quantitative estimate of drug-likeness (QED) is 0.830. The molecule has 0 aromatic carbocycles. The highest BCUT2D eigenvalue weighted by atomic mass is 16.4. The Labute approximate surface area is 121 Å². The van der Waals surface area contributed by atoms with Gasteiger partial charge in [-0.05, 0) is 19.4 Å². The van der Waals surface area contributed by atoms with Crippen molar-refractivity contribution >= 4 is 17.7 Å². The van der Waals surface area contributed by atoms with Gasteiger partial charge in [-0.2, -0.15) is 10.2 Å². The van der Waals surface area contributed by atoms with Gasteiger partial charge < -0.3 is 10.4 Å². The van der Waals surface area contributed by atoms with E-state index in [1.54, 1.807) is 10.7 Å². The number of aromatic nitrogens is 4. The molecule has 8 nitrogen and oxygen atoms in total. The first-order chi connectivity index (χ1) is 10.0. The minimum absolute atomic E-state index is 0.194. The zero-order chi connectivity index (χ0) is 15.4. The topological polar surface area (TPSA) is 102 Å². The number of carbonyl (C=O) groups is 2. The minimum atomic E-state index is -1.06. The molecular formula is C13H17N5O3. The largest absolute Gasteiger partial charge is 0.480 e. The average molecular weight is 291 g/mol. The maximum absolute atomic E-state index is 12.2. The molecule has 2 aromatic rings. The van der Waals surface area contributed by atoms with Crippen LogP contribution in [-0.4, -0.2) is 36.5 Å². The molecule has 21 heavy (non-hydrogen) atoms. The van der Waals surface area contributed by atoms with Gasteiger partial charge in [0, 0.05) is 18.8 Å². The first kappa shape index (κ1) is 14.8. The number of anilines is 1. The second-order valence-corrected chi connectivity index (χ2v) is 4.62. The number of carboxylic acid groups (broad SMARTS) is 1. The molecule has 8 heteroatoms. The predicted molar refractivity (Wildman–Crippen MR) is 75.1 cm³/mol. The fraction of sp³-hybridized carbons (Fsp3) is 0.385. The van der Waals surface area contributed by atoms with Crippen molar-refractivity contribution in [1.29, 1.82) is 0 Å². The van der Waals surface area contributed by atoms with Crippen LogP contribution in [-0.2, 0) is 17.9 Å². The van der Waals surface area contributed by atoms with Gasteiger partial charge in [-0.1, -0.05) is 6.92 Å². The lowest BCUT2D eigenvalue weighted by molar-refractivity contribution is -0.137. The normalized spacial score (nSPS) is 10.6. The fourth-order valence-corrected chi connectivity index (χ4v) is 1.99. The summed E-state index contributed by atoms with van der Waals surface area (Å²) in [5.74, 6) is -0.881. The van der Waals surface area contributed by atoms with Crippen molar-refractivity contribution < 1.29 is 14.7 Å². The van der Waals surface area contributed by atoms with Crippen LogP contribution in [0.15, 0.2) is 18.3 Å². The summed E-state index contributed by atoms with van der Waals surface area (Å²) in [5.41, 5.74) is 0.997. The maximum atomic E-state index is 12.2. The number of rotatable bonds is 6. The van der Waals surface area contributed by atoms with Gasteiger partial charge in [0.1, 0.15) is 18.1 Å². The zero-order valence-electron chi connectivity index (χ0n) is 11.9. The van der Waals surface area contributed by atoms with Crippen LogP contribution in [0.1, 0.15) is 29.5 Å². The van der Waals surface area contributed by atoms with Gasteiger partial charge in [0.2, 0.25) is 0 Å². The molecule has 0 radical (unpaired) electrons. The molecule has 0 atom stereocenters. The highest BCUT2D eigenvalue weighted by Crippen LogP contribution is 2.12. The van der Waals surface area contributed by atoms with Gasteiger partial charge in [0.25, 0.3) is 5.91 Å². The SMILES string of the molecule is CCCn1nc(C)cc1NC(=O)c1ccnn1CC(=O)O. The second kappa shape index (κ2) is 6.21. The molecule has 0 aliphatic rings. The zero-order valence-corrected chi connectivity index (χ0v) is 11.9. The van der Waals surface area contributed by atoms with Crippen molar-refractivity contribution in [3.63, 3.8) is 0 Å². The van der Waals surface area contributed by atoms with E-state index in [2.05, 4.69) is 15.5 Å². The minimum Gasteiger partial charge on any atom is -0.480 e. The molecule has 0 saturated carbocycles. The van der Waals surface area contributed by atoms with E-state index in [-0.39, 0.29) is 12.2 Å². The number of hydrogen-bond donors (Lipinski definition) is 2. The summed E-state index contributed by atoms with van der Waals surface area (Å²) in [6.45, 7) is 4.20. The Morgan fingerprint density at radius 2 is 2.14 bits per heavy atom. The molecule has 0 aliphatic heterocycles. The van der Waals surface area contributed by atoms with Crippen molar-refractivity contribution in [1.82, 2.24) is 19.6 Å². The monoisotopic (exact) mass is 291 g/mol. The van der Waals surface area contributed by atoms with Crippen molar-refractivity contribution in [3.05, 3.63) is 29.7 Å². The summed E-state index contributed by atoms with van der Waals surface area (Å²) >= 11 is 0. The van der Waals surface area contributed by atoms with Crippen LogP contribution in [0.2, 0.25) is 0 Å². The molecule has 0 saturated heterocycles. The first-order valence-electron chi connectivity index (χ1n) is 6.60. The molecule has 0 fully saturated rings. The van der Waals surface area contributed by atoms with Crippen LogP contribution in [0.3, 0.4) is 0 Å². The predicted octanol–water partition coefficient (Wildman–Crippen LogP) is 1.13. The molecule has 0 spiro atoms. The summed E-state index contributed by atoms with van der Waals surface area (Å²) in [5, 5.41) is 19.7. The van der Waals surface area contributed by atoms with Gasteiger partial charge in [-0.15, -0.1) is 0 Å². The molecular weight excluding hydrogens is 274 g/mol. The summed E-state index contributed by atoms with van der Waals surface area (Å²) in [4.78, 5) is 23.0. The number of amides is 1. The van der Waals surface area contributed by atoms with Gasteiger partial charge >= 0.3 is 5.97 Å². The van der Waals surface area contributed by atoms with Gasteiger partial charge in [0.05, 0.1) is 5.69 Å².